The van der Waals surface area contributed by atoms with E-state index in [4.69, 9.17) is 0 Å². The van der Waals surface area contributed by atoms with E-state index in [0.29, 0.717) is 31.7 Å². The Morgan fingerprint density at radius 1 is 0.962 bits per heavy atom. The molecule has 1 saturated heterocycles. The van der Waals surface area contributed by atoms with Gasteiger partial charge in [-0.3, -0.25) is 9.59 Å². The predicted octanol–water partition coefficient (Wildman–Crippen LogP) is 3.86. The summed E-state index contributed by atoms with van der Waals surface area (Å²) in [4.78, 5) is 31.3. The first-order valence-corrected chi connectivity index (χ1v) is 10.2. The molecular formula is C21H26N2O2S. The molecule has 1 aromatic carbocycles. The lowest BCUT2D eigenvalue weighted by atomic mass is 10.1. The zero-order valence-corrected chi connectivity index (χ0v) is 16.3. The molecule has 26 heavy (non-hydrogen) atoms. The molecule has 2 heterocycles. The van der Waals surface area contributed by atoms with E-state index in [1.54, 1.807) is 11.3 Å². The number of thiophene rings is 1. The Labute approximate surface area is 159 Å². The van der Waals surface area contributed by atoms with Gasteiger partial charge >= 0.3 is 0 Å². The smallest absolute Gasteiger partial charge is 0.264 e. The van der Waals surface area contributed by atoms with Gasteiger partial charge in [-0.2, -0.15) is 0 Å². The number of amides is 2. The number of hydrogen-bond donors (Lipinski definition) is 0. The topological polar surface area (TPSA) is 40.6 Å². The van der Waals surface area contributed by atoms with Crippen LogP contribution in [0.2, 0.25) is 0 Å². The van der Waals surface area contributed by atoms with Crippen LogP contribution in [-0.4, -0.2) is 47.8 Å². The van der Waals surface area contributed by atoms with E-state index in [1.807, 2.05) is 40.1 Å². The summed E-state index contributed by atoms with van der Waals surface area (Å²) in [6.45, 7) is 6.69. The highest BCUT2D eigenvalue weighted by atomic mass is 32.1. The summed E-state index contributed by atoms with van der Waals surface area (Å²) in [6, 6.07) is 11.4. The van der Waals surface area contributed by atoms with Crippen molar-refractivity contribution in [1.29, 1.82) is 0 Å². The maximum Gasteiger partial charge on any atom is 0.264 e. The maximum absolute atomic E-state index is 12.9. The Kier molecular flexibility index (Phi) is 6.09. The fourth-order valence-electron chi connectivity index (χ4n) is 3.34. The van der Waals surface area contributed by atoms with Crippen LogP contribution in [0.25, 0.3) is 0 Å². The number of aryl methyl sites for hydroxylation is 2. The summed E-state index contributed by atoms with van der Waals surface area (Å²) in [7, 11) is 0. The number of carbonyl (C=O) groups excluding carboxylic acids is 2. The second-order valence-corrected chi connectivity index (χ2v) is 7.75. The average Bonchev–Trinajstić information content (AvgIpc) is 3.11. The van der Waals surface area contributed by atoms with Gasteiger partial charge in [0.25, 0.3) is 11.8 Å². The molecule has 3 rings (SSSR count). The van der Waals surface area contributed by atoms with Crippen molar-refractivity contribution in [3.63, 3.8) is 0 Å². The van der Waals surface area contributed by atoms with Gasteiger partial charge in [0.1, 0.15) is 0 Å². The van der Waals surface area contributed by atoms with Gasteiger partial charge in [0.2, 0.25) is 0 Å². The molecular weight excluding hydrogens is 344 g/mol. The lowest BCUT2D eigenvalue weighted by Crippen LogP contribution is -2.50. The van der Waals surface area contributed by atoms with Crippen molar-refractivity contribution < 1.29 is 9.59 Å². The first-order valence-electron chi connectivity index (χ1n) is 9.39. The summed E-state index contributed by atoms with van der Waals surface area (Å²) >= 11 is 1.64. The van der Waals surface area contributed by atoms with Crippen molar-refractivity contribution in [3.8, 4) is 0 Å². The van der Waals surface area contributed by atoms with Crippen LogP contribution in [0.4, 0.5) is 0 Å². The molecule has 1 aromatic heterocycles. The van der Waals surface area contributed by atoms with Gasteiger partial charge in [0, 0.05) is 36.6 Å². The molecule has 0 bridgehead atoms. The summed E-state index contributed by atoms with van der Waals surface area (Å²) in [6.07, 6.45) is 3.11. The fourth-order valence-corrected chi connectivity index (χ4v) is 4.67. The minimum Gasteiger partial charge on any atom is -0.335 e. The van der Waals surface area contributed by atoms with E-state index in [9.17, 15) is 9.59 Å². The fraction of sp³-hybridized carbons (Fsp3) is 0.429. The van der Waals surface area contributed by atoms with Gasteiger partial charge in [-0.15, -0.1) is 11.3 Å². The third-order valence-corrected chi connectivity index (χ3v) is 6.07. The normalized spacial score (nSPS) is 14.5. The van der Waals surface area contributed by atoms with E-state index in [2.05, 4.69) is 19.9 Å². The molecule has 1 fully saturated rings. The Morgan fingerprint density at radius 3 is 2.15 bits per heavy atom. The zero-order valence-electron chi connectivity index (χ0n) is 15.5. The molecule has 1 aliphatic rings. The van der Waals surface area contributed by atoms with Crippen LogP contribution in [0.1, 0.15) is 50.7 Å². The van der Waals surface area contributed by atoms with Crippen molar-refractivity contribution in [1.82, 2.24) is 9.80 Å². The highest BCUT2D eigenvalue weighted by Crippen LogP contribution is 2.26. The van der Waals surface area contributed by atoms with Crippen LogP contribution in [0, 0.1) is 0 Å². The number of benzene rings is 1. The molecule has 0 aliphatic carbocycles. The number of nitrogens with zero attached hydrogens (tertiary/aromatic N) is 2. The third-order valence-electron chi connectivity index (χ3n) is 4.84. The van der Waals surface area contributed by atoms with Gasteiger partial charge < -0.3 is 9.80 Å². The monoisotopic (exact) mass is 370 g/mol. The molecule has 0 atom stereocenters. The van der Waals surface area contributed by atoms with Crippen LogP contribution >= 0.6 is 11.3 Å². The molecule has 1 aliphatic heterocycles. The summed E-state index contributed by atoms with van der Waals surface area (Å²) in [5.41, 5.74) is 2.01. The molecule has 138 valence electrons. The Bertz CT molecular complexity index is 762. The predicted molar refractivity (Wildman–Crippen MR) is 106 cm³/mol. The molecule has 2 amide bonds. The first-order chi connectivity index (χ1) is 12.6. The third kappa shape index (κ3) is 3.98. The van der Waals surface area contributed by atoms with Crippen molar-refractivity contribution in [2.45, 2.75) is 33.1 Å². The van der Waals surface area contributed by atoms with E-state index in [0.717, 1.165) is 24.1 Å². The van der Waals surface area contributed by atoms with Crippen LogP contribution in [0.15, 0.2) is 36.4 Å². The Balaban J connectivity index is 1.63. The second kappa shape index (κ2) is 8.49. The van der Waals surface area contributed by atoms with Gasteiger partial charge in [0.15, 0.2) is 0 Å². The average molecular weight is 371 g/mol. The van der Waals surface area contributed by atoms with Crippen molar-refractivity contribution in [2.24, 2.45) is 0 Å². The van der Waals surface area contributed by atoms with Crippen LogP contribution < -0.4 is 0 Å². The largest absolute Gasteiger partial charge is 0.335 e. The van der Waals surface area contributed by atoms with Gasteiger partial charge in [0.05, 0.1) is 4.88 Å². The SMILES string of the molecule is CCCc1sc(C(=O)N2CCN(C(=O)c3ccccc3)CC2)cc1CC. The number of piperazine rings is 1. The van der Waals surface area contributed by atoms with E-state index in [1.165, 1.54) is 10.4 Å². The minimum atomic E-state index is 0.0484. The number of rotatable bonds is 5. The number of hydrogen-bond acceptors (Lipinski definition) is 3. The second-order valence-electron chi connectivity index (χ2n) is 6.61. The van der Waals surface area contributed by atoms with Crippen molar-refractivity contribution >= 4 is 23.2 Å². The first kappa shape index (κ1) is 18.6. The van der Waals surface area contributed by atoms with Crippen LogP contribution in [0.3, 0.4) is 0 Å². The van der Waals surface area contributed by atoms with Gasteiger partial charge in [-0.05, 0) is 36.6 Å². The maximum atomic E-state index is 12.9. The minimum absolute atomic E-state index is 0.0484. The van der Waals surface area contributed by atoms with Crippen LogP contribution in [-0.2, 0) is 12.8 Å². The zero-order chi connectivity index (χ0) is 18.5. The number of carbonyl (C=O) groups is 2. The van der Waals surface area contributed by atoms with Crippen molar-refractivity contribution in [2.75, 3.05) is 26.2 Å². The highest BCUT2D eigenvalue weighted by molar-refractivity contribution is 7.14. The van der Waals surface area contributed by atoms with Crippen molar-refractivity contribution in [3.05, 3.63) is 57.3 Å². The lowest BCUT2D eigenvalue weighted by Gasteiger charge is -2.34. The molecule has 4 nitrogen and oxygen atoms in total. The van der Waals surface area contributed by atoms with Crippen LogP contribution in [0.5, 0.6) is 0 Å². The molecule has 0 saturated carbocycles. The summed E-state index contributed by atoms with van der Waals surface area (Å²) in [5, 5.41) is 0. The van der Waals surface area contributed by atoms with E-state index >= 15 is 0 Å². The van der Waals surface area contributed by atoms with Gasteiger partial charge in [-0.25, -0.2) is 0 Å². The molecule has 0 N–H and O–H groups in total. The standard InChI is InChI=1S/C21H26N2O2S/c1-3-8-18-16(4-2)15-19(26-18)21(25)23-13-11-22(12-14-23)20(24)17-9-6-5-7-10-17/h5-7,9-10,15H,3-4,8,11-14H2,1-2H3. The molecule has 0 spiro atoms. The van der Waals surface area contributed by atoms with Gasteiger partial charge in [-0.1, -0.05) is 38.5 Å². The molecule has 0 radical (unpaired) electrons. The summed E-state index contributed by atoms with van der Waals surface area (Å²) < 4.78 is 0. The van der Waals surface area contributed by atoms with E-state index in [-0.39, 0.29) is 11.8 Å². The molecule has 0 unspecified atom stereocenters. The Morgan fingerprint density at radius 2 is 1.58 bits per heavy atom. The quantitative estimate of drug-likeness (QED) is 0.802. The molecule has 5 heteroatoms. The summed E-state index contributed by atoms with van der Waals surface area (Å²) in [5.74, 6) is 0.159. The van der Waals surface area contributed by atoms with E-state index < -0.39 is 0 Å². The highest BCUT2D eigenvalue weighted by Gasteiger charge is 2.26. The Hall–Kier alpha value is -2.14. The molecule has 2 aromatic rings. The lowest BCUT2D eigenvalue weighted by molar-refractivity contribution is 0.0538.